The van der Waals surface area contributed by atoms with E-state index in [2.05, 4.69) is 26.1 Å². The Bertz CT molecular complexity index is 186. The fourth-order valence-corrected chi connectivity index (χ4v) is 1.69. The molecule has 14 heavy (non-hydrogen) atoms. The molecule has 4 atom stereocenters. The van der Waals surface area contributed by atoms with E-state index in [9.17, 15) is 0 Å². The normalized spacial score (nSPS) is 32.4. The van der Waals surface area contributed by atoms with Gasteiger partial charge in [0.05, 0.1) is 11.6 Å². The molecule has 1 aliphatic carbocycles. The minimum atomic E-state index is -0.0862. The van der Waals surface area contributed by atoms with Crippen LogP contribution in [-0.2, 0) is 4.74 Å². The highest BCUT2D eigenvalue weighted by Crippen LogP contribution is 2.37. The van der Waals surface area contributed by atoms with Crippen molar-refractivity contribution in [3.63, 3.8) is 0 Å². The lowest BCUT2D eigenvalue weighted by Gasteiger charge is -2.34. The Morgan fingerprint density at radius 2 is 2.21 bits per heavy atom. The molecule has 3 heteroatoms. The van der Waals surface area contributed by atoms with E-state index >= 15 is 0 Å². The predicted octanol–water partition coefficient (Wildman–Crippen LogP) is 0.984. The highest BCUT2D eigenvalue weighted by atomic mass is 16.5. The molecule has 0 aromatic carbocycles. The van der Waals surface area contributed by atoms with Crippen molar-refractivity contribution in [2.75, 3.05) is 20.2 Å². The van der Waals surface area contributed by atoms with Gasteiger partial charge in [0, 0.05) is 13.7 Å². The number of nitrogens with two attached hydrogens (primary N) is 1. The molecule has 0 aromatic rings. The summed E-state index contributed by atoms with van der Waals surface area (Å²) in [6.07, 6.45) is 1.51. The maximum absolute atomic E-state index is 5.78. The van der Waals surface area contributed by atoms with E-state index in [4.69, 9.17) is 10.5 Å². The second kappa shape index (κ2) is 4.60. The molecular weight excluding hydrogens is 176 g/mol. The Balaban J connectivity index is 2.35. The molecule has 0 spiro atoms. The number of nitrogens with one attached hydrogen (secondary N) is 1. The first kappa shape index (κ1) is 12.0. The van der Waals surface area contributed by atoms with E-state index in [0.29, 0.717) is 6.54 Å². The standard InChI is InChI=1S/C11H24N2O/c1-8-5-10(8)6-13-11(3,7-12)9(2)14-4/h8-10,13H,5-7,12H2,1-4H3. The molecule has 1 rings (SSSR count). The van der Waals surface area contributed by atoms with Crippen LogP contribution in [0.15, 0.2) is 0 Å². The van der Waals surface area contributed by atoms with E-state index in [1.165, 1.54) is 6.42 Å². The summed E-state index contributed by atoms with van der Waals surface area (Å²) in [7, 11) is 1.74. The molecule has 3 N–H and O–H groups in total. The van der Waals surface area contributed by atoms with E-state index in [1.807, 2.05) is 0 Å². The first-order valence-corrected chi connectivity index (χ1v) is 5.51. The van der Waals surface area contributed by atoms with Crippen LogP contribution in [0.25, 0.3) is 0 Å². The van der Waals surface area contributed by atoms with Gasteiger partial charge in [-0.25, -0.2) is 0 Å². The minimum absolute atomic E-state index is 0.0862. The fourth-order valence-electron chi connectivity index (χ4n) is 1.69. The van der Waals surface area contributed by atoms with Crippen LogP contribution in [0.2, 0.25) is 0 Å². The Kier molecular flexibility index (Phi) is 3.93. The summed E-state index contributed by atoms with van der Waals surface area (Å²) >= 11 is 0. The zero-order valence-electron chi connectivity index (χ0n) is 9.84. The molecule has 0 aliphatic heterocycles. The van der Waals surface area contributed by atoms with Crippen molar-refractivity contribution < 1.29 is 4.74 Å². The first-order chi connectivity index (χ1) is 6.53. The van der Waals surface area contributed by atoms with Gasteiger partial charge in [-0.15, -0.1) is 0 Å². The maximum Gasteiger partial charge on any atom is 0.0734 e. The molecule has 3 nitrogen and oxygen atoms in total. The molecule has 84 valence electrons. The summed E-state index contributed by atoms with van der Waals surface area (Å²) in [4.78, 5) is 0. The summed E-state index contributed by atoms with van der Waals surface area (Å²) in [6, 6.07) is 0. The summed E-state index contributed by atoms with van der Waals surface area (Å²) in [6.45, 7) is 8.18. The molecule has 4 unspecified atom stereocenters. The smallest absolute Gasteiger partial charge is 0.0734 e. The van der Waals surface area contributed by atoms with Crippen molar-refractivity contribution in [1.82, 2.24) is 5.32 Å². The highest BCUT2D eigenvalue weighted by molar-refractivity contribution is 4.94. The Hall–Kier alpha value is -0.120. The quantitative estimate of drug-likeness (QED) is 0.672. The average molecular weight is 200 g/mol. The third kappa shape index (κ3) is 2.69. The maximum atomic E-state index is 5.78. The molecule has 1 fully saturated rings. The molecule has 0 saturated heterocycles. The summed E-state index contributed by atoms with van der Waals surface area (Å²) in [5.74, 6) is 1.74. The van der Waals surface area contributed by atoms with Crippen LogP contribution in [0, 0.1) is 11.8 Å². The lowest BCUT2D eigenvalue weighted by Crippen LogP contribution is -2.57. The van der Waals surface area contributed by atoms with Crippen molar-refractivity contribution >= 4 is 0 Å². The summed E-state index contributed by atoms with van der Waals surface area (Å²) < 4.78 is 5.34. The topological polar surface area (TPSA) is 47.3 Å². The van der Waals surface area contributed by atoms with Gasteiger partial charge in [-0.1, -0.05) is 6.92 Å². The molecule has 1 aliphatic rings. The van der Waals surface area contributed by atoms with Crippen molar-refractivity contribution in [1.29, 1.82) is 0 Å². The number of ether oxygens (including phenoxy) is 1. The zero-order valence-corrected chi connectivity index (χ0v) is 9.84. The molecule has 0 bridgehead atoms. The van der Waals surface area contributed by atoms with Gasteiger partial charge in [0.1, 0.15) is 0 Å². The first-order valence-electron chi connectivity index (χ1n) is 5.51. The van der Waals surface area contributed by atoms with E-state index < -0.39 is 0 Å². The molecule has 0 aromatic heterocycles. The lowest BCUT2D eigenvalue weighted by molar-refractivity contribution is 0.0414. The SMILES string of the molecule is COC(C)C(C)(CN)NCC1CC1C. The van der Waals surface area contributed by atoms with Crippen LogP contribution < -0.4 is 11.1 Å². The van der Waals surface area contributed by atoms with Crippen molar-refractivity contribution in [2.24, 2.45) is 17.6 Å². The average Bonchev–Trinajstić information content (AvgIpc) is 2.90. The molecular formula is C11H24N2O. The predicted molar refractivity (Wildman–Crippen MR) is 59.2 cm³/mol. The second-order valence-electron chi connectivity index (χ2n) is 4.85. The van der Waals surface area contributed by atoms with Gasteiger partial charge in [-0.3, -0.25) is 0 Å². The molecule has 0 amide bonds. The Morgan fingerprint density at radius 3 is 2.57 bits per heavy atom. The van der Waals surface area contributed by atoms with Gasteiger partial charge < -0.3 is 15.8 Å². The van der Waals surface area contributed by atoms with Crippen molar-refractivity contribution in [2.45, 2.75) is 38.8 Å². The Morgan fingerprint density at radius 1 is 1.64 bits per heavy atom. The summed E-state index contributed by atoms with van der Waals surface area (Å²) in [5.41, 5.74) is 5.70. The molecule has 1 saturated carbocycles. The van der Waals surface area contributed by atoms with Crippen molar-refractivity contribution in [3.8, 4) is 0 Å². The zero-order chi connectivity index (χ0) is 10.8. The third-order valence-corrected chi connectivity index (χ3v) is 3.72. The van der Waals surface area contributed by atoms with Gasteiger partial charge in [0.15, 0.2) is 0 Å². The van der Waals surface area contributed by atoms with E-state index in [1.54, 1.807) is 7.11 Å². The third-order valence-electron chi connectivity index (χ3n) is 3.72. The summed E-state index contributed by atoms with van der Waals surface area (Å²) in [5, 5.41) is 3.54. The van der Waals surface area contributed by atoms with Crippen LogP contribution in [0.5, 0.6) is 0 Å². The Labute approximate surface area is 87.4 Å². The number of rotatable bonds is 6. The van der Waals surface area contributed by atoms with Crippen LogP contribution >= 0.6 is 0 Å². The van der Waals surface area contributed by atoms with Gasteiger partial charge >= 0.3 is 0 Å². The van der Waals surface area contributed by atoms with Crippen molar-refractivity contribution in [3.05, 3.63) is 0 Å². The van der Waals surface area contributed by atoms with Gasteiger partial charge in [0.25, 0.3) is 0 Å². The number of hydrogen-bond donors (Lipinski definition) is 2. The van der Waals surface area contributed by atoms with Crippen LogP contribution in [0.1, 0.15) is 27.2 Å². The van der Waals surface area contributed by atoms with Gasteiger partial charge in [-0.2, -0.15) is 0 Å². The van der Waals surface area contributed by atoms with Gasteiger partial charge in [0.2, 0.25) is 0 Å². The number of methoxy groups -OCH3 is 1. The monoisotopic (exact) mass is 200 g/mol. The molecule has 0 heterocycles. The fraction of sp³-hybridized carbons (Fsp3) is 1.00. The van der Waals surface area contributed by atoms with E-state index in [-0.39, 0.29) is 11.6 Å². The van der Waals surface area contributed by atoms with Crippen LogP contribution in [-0.4, -0.2) is 31.8 Å². The van der Waals surface area contributed by atoms with E-state index in [0.717, 1.165) is 18.4 Å². The van der Waals surface area contributed by atoms with Crippen LogP contribution in [0.4, 0.5) is 0 Å². The second-order valence-corrected chi connectivity index (χ2v) is 4.85. The molecule has 0 radical (unpaired) electrons. The van der Waals surface area contributed by atoms with Crippen LogP contribution in [0.3, 0.4) is 0 Å². The lowest BCUT2D eigenvalue weighted by atomic mass is 9.95. The van der Waals surface area contributed by atoms with Gasteiger partial charge in [-0.05, 0) is 38.6 Å². The minimum Gasteiger partial charge on any atom is -0.380 e. The highest BCUT2D eigenvalue weighted by Gasteiger charge is 2.36. The number of hydrogen-bond acceptors (Lipinski definition) is 3. The largest absolute Gasteiger partial charge is 0.380 e.